The molecule has 30 heavy (non-hydrogen) atoms. The molecular weight excluding hydrogens is 400 g/mol. The van der Waals surface area contributed by atoms with Gasteiger partial charge in [0.1, 0.15) is 24.3 Å². The highest BCUT2D eigenvalue weighted by molar-refractivity contribution is 8.15. The summed E-state index contributed by atoms with van der Waals surface area (Å²) in [4.78, 5) is 33.6. The van der Waals surface area contributed by atoms with Crippen LogP contribution in [-0.4, -0.2) is 47.6 Å². The number of nitrogens with zero attached hydrogens (tertiary/aromatic N) is 3. The maximum absolute atomic E-state index is 12.9. The molecule has 156 valence electrons. The molecule has 0 saturated carbocycles. The van der Waals surface area contributed by atoms with Crippen molar-refractivity contribution in [2.75, 3.05) is 30.7 Å². The lowest BCUT2D eigenvalue weighted by molar-refractivity contribution is -0.128. The maximum Gasteiger partial charge on any atom is 0.244 e. The molecule has 1 fully saturated rings. The summed E-state index contributed by atoms with van der Waals surface area (Å²) in [5.74, 6) is 0.534. The van der Waals surface area contributed by atoms with Crippen LogP contribution in [0.3, 0.4) is 0 Å². The Labute approximate surface area is 180 Å². The molecule has 8 heteroatoms. The number of thioether (sulfide) groups is 1. The molecule has 4 rings (SSSR count). The number of amides is 2. The van der Waals surface area contributed by atoms with Gasteiger partial charge in [-0.1, -0.05) is 17.8 Å². The van der Waals surface area contributed by atoms with Gasteiger partial charge in [0.2, 0.25) is 11.8 Å². The number of ether oxygens (including phenoxy) is 1. The minimum atomic E-state index is -0.453. The fourth-order valence-electron chi connectivity index (χ4n) is 3.41. The third-order valence-electron chi connectivity index (χ3n) is 5.31. The number of carbonyl (C=O) groups is 2. The van der Waals surface area contributed by atoms with Gasteiger partial charge in [0, 0.05) is 17.8 Å². The number of amidine groups is 1. The lowest BCUT2D eigenvalue weighted by Crippen LogP contribution is -2.46. The molecule has 2 aliphatic heterocycles. The van der Waals surface area contributed by atoms with Gasteiger partial charge < -0.3 is 15.0 Å². The molecular formula is C22H24N4O3S. The van der Waals surface area contributed by atoms with Crippen molar-refractivity contribution in [2.45, 2.75) is 25.5 Å². The van der Waals surface area contributed by atoms with Crippen molar-refractivity contribution in [2.24, 2.45) is 4.99 Å². The van der Waals surface area contributed by atoms with Gasteiger partial charge in [-0.3, -0.25) is 14.5 Å². The van der Waals surface area contributed by atoms with Gasteiger partial charge in [-0.15, -0.1) is 0 Å². The van der Waals surface area contributed by atoms with Crippen LogP contribution in [0.4, 0.5) is 11.4 Å². The van der Waals surface area contributed by atoms with Gasteiger partial charge in [0.15, 0.2) is 5.17 Å². The smallest absolute Gasteiger partial charge is 0.244 e. The fourth-order valence-corrected chi connectivity index (χ4v) is 4.53. The maximum atomic E-state index is 12.9. The molecule has 0 aromatic heterocycles. The van der Waals surface area contributed by atoms with Crippen molar-refractivity contribution in [1.29, 1.82) is 0 Å². The zero-order valence-electron chi connectivity index (χ0n) is 17.2. The van der Waals surface area contributed by atoms with Crippen molar-refractivity contribution in [3.8, 4) is 5.75 Å². The Morgan fingerprint density at radius 1 is 1.20 bits per heavy atom. The quantitative estimate of drug-likeness (QED) is 0.797. The second-order valence-corrected chi connectivity index (χ2v) is 8.56. The Morgan fingerprint density at radius 2 is 1.97 bits per heavy atom. The van der Waals surface area contributed by atoms with Gasteiger partial charge in [0.25, 0.3) is 0 Å². The molecule has 2 heterocycles. The number of nitrogens with one attached hydrogen (secondary N) is 1. The van der Waals surface area contributed by atoms with Crippen molar-refractivity contribution in [3.63, 3.8) is 0 Å². The number of aryl methyl sites for hydroxylation is 2. The summed E-state index contributed by atoms with van der Waals surface area (Å²) in [5, 5.41) is 3.13. The zero-order chi connectivity index (χ0) is 21.3. The second-order valence-electron chi connectivity index (χ2n) is 7.39. The van der Waals surface area contributed by atoms with Crippen LogP contribution in [-0.2, 0) is 9.59 Å². The molecule has 7 nitrogen and oxygen atoms in total. The van der Waals surface area contributed by atoms with Gasteiger partial charge in [-0.25, -0.2) is 4.99 Å². The molecule has 0 unspecified atom stereocenters. The minimum Gasteiger partial charge on any atom is -0.497 e. The average Bonchev–Trinajstić information content (AvgIpc) is 3.05. The van der Waals surface area contributed by atoms with Crippen molar-refractivity contribution >= 4 is 40.1 Å². The fraction of sp³-hybridized carbons (Fsp3) is 0.318. The molecule has 1 atom stereocenters. The van der Waals surface area contributed by atoms with E-state index in [1.54, 1.807) is 12.0 Å². The Hall–Kier alpha value is -3.00. The number of hydrogen-bond donors (Lipinski definition) is 1. The first-order valence-electron chi connectivity index (χ1n) is 9.73. The summed E-state index contributed by atoms with van der Waals surface area (Å²) < 4.78 is 5.20. The van der Waals surface area contributed by atoms with E-state index >= 15 is 0 Å². The van der Waals surface area contributed by atoms with Gasteiger partial charge >= 0.3 is 0 Å². The van der Waals surface area contributed by atoms with E-state index in [0.29, 0.717) is 18.5 Å². The molecule has 2 aliphatic rings. The van der Waals surface area contributed by atoms with E-state index < -0.39 is 5.25 Å². The predicted octanol–water partition coefficient (Wildman–Crippen LogP) is 3.38. The van der Waals surface area contributed by atoms with Crippen LogP contribution in [0.1, 0.15) is 17.5 Å². The number of fused-ring (bicyclic) bond motifs is 1. The number of methoxy groups -OCH3 is 1. The van der Waals surface area contributed by atoms with Crippen LogP contribution in [0, 0.1) is 13.8 Å². The van der Waals surface area contributed by atoms with Crippen LogP contribution in [0.25, 0.3) is 0 Å². The average molecular weight is 425 g/mol. The van der Waals surface area contributed by atoms with Crippen LogP contribution in [0.5, 0.6) is 5.75 Å². The van der Waals surface area contributed by atoms with E-state index in [1.165, 1.54) is 17.3 Å². The largest absolute Gasteiger partial charge is 0.497 e. The number of hydrogen-bond acceptors (Lipinski definition) is 6. The Balaban J connectivity index is 1.38. The molecule has 1 saturated heterocycles. The summed E-state index contributed by atoms with van der Waals surface area (Å²) in [7, 11) is 1.63. The molecule has 0 spiro atoms. The highest BCUT2D eigenvalue weighted by Gasteiger charge is 2.41. The predicted molar refractivity (Wildman–Crippen MR) is 120 cm³/mol. The van der Waals surface area contributed by atoms with E-state index in [-0.39, 0.29) is 18.2 Å². The molecule has 2 aromatic rings. The Bertz CT molecular complexity index is 1010. The van der Waals surface area contributed by atoms with Crippen LogP contribution in [0.2, 0.25) is 0 Å². The number of anilines is 2. The number of benzene rings is 2. The van der Waals surface area contributed by atoms with E-state index in [4.69, 9.17) is 4.74 Å². The highest BCUT2D eigenvalue weighted by atomic mass is 32.2. The van der Waals surface area contributed by atoms with Gasteiger partial charge in [-0.05, 0) is 61.4 Å². The normalized spacial score (nSPS) is 18.2. The molecule has 0 bridgehead atoms. The topological polar surface area (TPSA) is 74.2 Å². The third-order valence-corrected chi connectivity index (χ3v) is 6.52. The first-order chi connectivity index (χ1) is 14.4. The third kappa shape index (κ3) is 4.14. The first-order valence-corrected chi connectivity index (χ1v) is 10.6. The molecule has 2 aromatic carbocycles. The van der Waals surface area contributed by atoms with Crippen LogP contribution < -0.4 is 15.0 Å². The van der Waals surface area contributed by atoms with Crippen molar-refractivity contribution < 1.29 is 14.3 Å². The number of aliphatic imine (C=N–C) groups is 1. The van der Waals surface area contributed by atoms with Crippen molar-refractivity contribution in [3.05, 3.63) is 53.6 Å². The first kappa shape index (κ1) is 20.3. The zero-order valence-corrected chi connectivity index (χ0v) is 18.0. The number of carbonyl (C=O) groups excluding carboxylic acids is 2. The van der Waals surface area contributed by atoms with Gasteiger partial charge in [0.05, 0.1) is 7.11 Å². The highest BCUT2D eigenvalue weighted by Crippen LogP contribution is 2.33. The Morgan fingerprint density at radius 3 is 2.67 bits per heavy atom. The Kier molecular flexibility index (Phi) is 5.67. The lowest BCUT2D eigenvalue weighted by atomic mass is 10.1. The lowest BCUT2D eigenvalue weighted by Gasteiger charge is -2.32. The monoisotopic (exact) mass is 424 g/mol. The molecule has 1 N–H and O–H groups in total. The molecule has 0 radical (unpaired) electrons. The standard InChI is InChI=1S/C22H24N4O3S/c1-14-4-5-16(10-15(14)2)24-20(27)11-19-21(28)26-13-25(12-23-22(26)30-19)17-6-8-18(29-3)9-7-17/h4-10,19H,11-13H2,1-3H3,(H,24,27)/t19-/m0/s1. The minimum absolute atomic E-state index is 0.0767. The van der Waals surface area contributed by atoms with E-state index in [9.17, 15) is 9.59 Å². The van der Waals surface area contributed by atoms with E-state index in [1.807, 2.05) is 61.2 Å². The molecule has 2 amide bonds. The van der Waals surface area contributed by atoms with E-state index in [2.05, 4.69) is 10.3 Å². The van der Waals surface area contributed by atoms with Crippen LogP contribution >= 0.6 is 11.8 Å². The summed E-state index contributed by atoms with van der Waals surface area (Å²) in [6.45, 7) is 4.93. The number of rotatable bonds is 5. The summed E-state index contributed by atoms with van der Waals surface area (Å²) in [5.41, 5.74) is 4.00. The summed E-state index contributed by atoms with van der Waals surface area (Å²) >= 11 is 1.37. The SMILES string of the molecule is COc1ccc(N2CN=C3S[C@@H](CC(=O)Nc4ccc(C)c(C)c4)C(=O)N3C2)cc1. The van der Waals surface area contributed by atoms with E-state index in [0.717, 1.165) is 22.7 Å². The van der Waals surface area contributed by atoms with Crippen LogP contribution in [0.15, 0.2) is 47.5 Å². The summed E-state index contributed by atoms with van der Waals surface area (Å²) in [6.07, 6.45) is 0.120. The van der Waals surface area contributed by atoms with Gasteiger partial charge in [-0.2, -0.15) is 0 Å². The van der Waals surface area contributed by atoms with Crippen molar-refractivity contribution in [1.82, 2.24) is 4.90 Å². The summed E-state index contributed by atoms with van der Waals surface area (Å²) in [6, 6.07) is 13.5. The molecule has 0 aliphatic carbocycles. The second kappa shape index (κ2) is 8.39.